The molecular weight excluding hydrogens is 276 g/mol. The van der Waals surface area contributed by atoms with Crippen LogP contribution < -0.4 is 5.32 Å². The first kappa shape index (κ1) is 14.5. The summed E-state index contributed by atoms with van der Waals surface area (Å²) in [5, 5.41) is 27.0. The summed E-state index contributed by atoms with van der Waals surface area (Å²) >= 11 is 0. The smallest absolute Gasteiger partial charge is 0.338 e. The topological polar surface area (TPSA) is 110 Å². The van der Waals surface area contributed by atoms with E-state index >= 15 is 0 Å². The van der Waals surface area contributed by atoms with Crippen LogP contribution in [0.1, 0.15) is 15.9 Å². The molecule has 21 heavy (non-hydrogen) atoms. The summed E-state index contributed by atoms with van der Waals surface area (Å²) in [6.45, 7) is 2.70. The molecular formula is C13H14N4O4. The Balaban J connectivity index is 2.17. The predicted octanol–water partition coefficient (Wildman–Crippen LogP) is 1.91. The molecule has 1 aromatic heterocycles. The Morgan fingerprint density at radius 3 is 2.86 bits per heavy atom. The molecule has 1 aromatic carbocycles. The van der Waals surface area contributed by atoms with Gasteiger partial charge in [0.15, 0.2) is 0 Å². The largest absolute Gasteiger partial charge is 0.478 e. The molecule has 0 spiro atoms. The molecule has 0 unspecified atom stereocenters. The lowest BCUT2D eigenvalue weighted by Crippen LogP contribution is -2.14. The minimum Gasteiger partial charge on any atom is -0.478 e. The van der Waals surface area contributed by atoms with E-state index in [9.17, 15) is 14.9 Å². The maximum atomic E-state index is 11.2. The van der Waals surface area contributed by atoms with Gasteiger partial charge < -0.3 is 10.4 Å². The third-order valence-electron chi connectivity index (χ3n) is 2.87. The summed E-state index contributed by atoms with van der Waals surface area (Å²) in [6, 6.07) is 3.95. The minimum atomic E-state index is -1.21. The molecule has 0 atom stereocenters. The summed E-state index contributed by atoms with van der Waals surface area (Å²) in [4.78, 5) is 21.5. The van der Waals surface area contributed by atoms with Crippen LogP contribution in [0, 0.1) is 17.0 Å². The van der Waals surface area contributed by atoms with Gasteiger partial charge in [-0.3, -0.25) is 14.8 Å². The van der Waals surface area contributed by atoms with E-state index in [1.165, 1.54) is 18.2 Å². The van der Waals surface area contributed by atoms with Crippen LogP contribution in [0.5, 0.6) is 0 Å². The van der Waals surface area contributed by atoms with E-state index in [-0.39, 0.29) is 16.9 Å². The van der Waals surface area contributed by atoms with Crippen molar-refractivity contribution in [3.63, 3.8) is 0 Å². The van der Waals surface area contributed by atoms with Gasteiger partial charge >= 0.3 is 5.97 Å². The number of carbonyl (C=O) groups is 1. The first-order valence-electron chi connectivity index (χ1n) is 6.22. The second kappa shape index (κ2) is 6.04. The average molecular weight is 290 g/mol. The molecule has 0 saturated heterocycles. The number of nitrogens with one attached hydrogen (secondary N) is 1. The van der Waals surface area contributed by atoms with Crippen molar-refractivity contribution >= 4 is 17.3 Å². The summed E-state index contributed by atoms with van der Waals surface area (Å²) in [5.41, 5.74) is 0.637. The number of benzene rings is 1. The lowest BCUT2D eigenvalue weighted by atomic mass is 10.1. The van der Waals surface area contributed by atoms with E-state index in [1.807, 2.05) is 13.1 Å². The summed E-state index contributed by atoms with van der Waals surface area (Å²) in [7, 11) is 0. The first-order valence-corrected chi connectivity index (χ1v) is 6.22. The number of aromatic nitrogens is 2. The highest BCUT2D eigenvalue weighted by molar-refractivity contribution is 5.96. The zero-order valence-corrected chi connectivity index (χ0v) is 11.3. The van der Waals surface area contributed by atoms with Gasteiger partial charge in [0.05, 0.1) is 23.2 Å². The number of hydrogen-bond acceptors (Lipinski definition) is 5. The Labute approximate surface area is 120 Å². The summed E-state index contributed by atoms with van der Waals surface area (Å²) in [6.07, 6.45) is 3.53. The van der Waals surface area contributed by atoms with E-state index < -0.39 is 10.9 Å². The second-order valence-electron chi connectivity index (χ2n) is 4.47. The molecule has 0 radical (unpaired) electrons. The van der Waals surface area contributed by atoms with Crippen LogP contribution in [0.25, 0.3) is 0 Å². The van der Waals surface area contributed by atoms with E-state index in [1.54, 1.807) is 10.9 Å². The number of aryl methyl sites for hydroxylation is 1. The normalized spacial score (nSPS) is 10.3. The molecule has 8 nitrogen and oxygen atoms in total. The number of aromatic carboxylic acids is 1. The molecule has 2 aromatic rings. The van der Waals surface area contributed by atoms with Crippen LogP contribution in [0.2, 0.25) is 0 Å². The van der Waals surface area contributed by atoms with Crippen LogP contribution in [-0.2, 0) is 6.54 Å². The molecule has 0 bridgehead atoms. The predicted molar refractivity (Wildman–Crippen MR) is 75.5 cm³/mol. The molecule has 0 saturated carbocycles. The molecule has 110 valence electrons. The third-order valence-corrected chi connectivity index (χ3v) is 2.87. The Kier molecular flexibility index (Phi) is 4.17. The summed E-state index contributed by atoms with van der Waals surface area (Å²) in [5.74, 6) is -1.21. The number of carboxylic acid groups (broad SMARTS) is 1. The molecule has 1 heterocycles. The maximum Gasteiger partial charge on any atom is 0.338 e. The molecule has 0 aliphatic carbocycles. The molecule has 0 fully saturated rings. The number of carboxylic acids is 1. The first-order chi connectivity index (χ1) is 9.99. The second-order valence-corrected chi connectivity index (χ2v) is 4.47. The molecule has 8 heteroatoms. The van der Waals surface area contributed by atoms with Gasteiger partial charge in [0.25, 0.3) is 5.69 Å². The van der Waals surface area contributed by atoms with Crippen LogP contribution in [0.15, 0.2) is 30.6 Å². The van der Waals surface area contributed by atoms with Crippen molar-refractivity contribution in [1.82, 2.24) is 9.78 Å². The van der Waals surface area contributed by atoms with Crippen molar-refractivity contribution in [1.29, 1.82) is 0 Å². The van der Waals surface area contributed by atoms with Gasteiger partial charge in [0, 0.05) is 18.8 Å². The van der Waals surface area contributed by atoms with E-state index in [2.05, 4.69) is 10.4 Å². The van der Waals surface area contributed by atoms with Crippen molar-refractivity contribution in [2.75, 3.05) is 11.9 Å². The fourth-order valence-corrected chi connectivity index (χ4v) is 1.94. The highest BCUT2D eigenvalue weighted by Crippen LogP contribution is 2.28. The van der Waals surface area contributed by atoms with Crippen molar-refractivity contribution in [3.05, 3.63) is 51.8 Å². The zero-order chi connectivity index (χ0) is 15.4. The quantitative estimate of drug-likeness (QED) is 0.621. The number of rotatable bonds is 6. The standard InChI is InChI=1S/C13H14N4O4/c1-9-7-15-16(8-9)6-5-14-12-10(13(18)19)3-2-4-11(12)17(20)21/h2-4,7-8,14H,5-6H2,1H3,(H,18,19). The molecule has 0 amide bonds. The molecule has 0 aliphatic rings. The number of nitro benzene ring substituents is 1. The van der Waals surface area contributed by atoms with Crippen LogP contribution in [0.4, 0.5) is 11.4 Å². The lowest BCUT2D eigenvalue weighted by molar-refractivity contribution is -0.384. The Hall–Kier alpha value is -2.90. The molecule has 2 N–H and O–H groups in total. The Bertz CT molecular complexity index is 648. The fraction of sp³-hybridized carbons (Fsp3) is 0.231. The van der Waals surface area contributed by atoms with Crippen molar-refractivity contribution in [2.45, 2.75) is 13.5 Å². The number of nitro groups is 1. The van der Waals surface area contributed by atoms with Crippen molar-refractivity contribution < 1.29 is 14.8 Å². The fourth-order valence-electron chi connectivity index (χ4n) is 1.94. The lowest BCUT2D eigenvalue weighted by Gasteiger charge is -2.10. The van der Waals surface area contributed by atoms with Crippen molar-refractivity contribution in [3.8, 4) is 0 Å². The van der Waals surface area contributed by atoms with Crippen LogP contribution in [0.3, 0.4) is 0 Å². The highest BCUT2D eigenvalue weighted by Gasteiger charge is 2.20. The maximum absolute atomic E-state index is 11.2. The van der Waals surface area contributed by atoms with Gasteiger partial charge in [-0.1, -0.05) is 6.07 Å². The molecule has 2 rings (SSSR count). The van der Waals surface area contributed by atoms with E-state index in [4.69, 9.17) is 5.11 Å². The van der Waals surface area contributed by atoms with Gasteiger partial charge in [0.2, 0.25) is 0 Å². The third kappa shape index (κ3) is 3.35. The van der Waals surface area contributed by atoms with Crippen molar-refractivity contribution in [2.24, 2.45) is 0 Å². The van der Waals surface area contributed by atoms with Crippen LogP contribution >= 0.6 is 0 Å². The van der Waals surface area contributed by atoms with Gasteiger partial charge in [-0.25, -0.2) is 4.79 Å². The number of para-hydroxylation sites is 1. The van der Waals surface area contributed by atoms with Gasteiger partial charge in [-0.15, -0.1) is 0 Å². The number of hydrogen-bond donors (Lipinski definition) is 2. The van der Waals surface area contributed by atoms with Crippen LogP contribution in [-0.4, -0.2) is 32.3 Å². The number of anilines is 1. The average Bonchev–Trinajstić information content (AvgIpc) is 2.84. The van der Waals surface area contributed by atoms with E-state index in [0.717, 1.165) is 5.56 Å². The Morgan fingerprint density at radius 1 is 1.52 bits per heavy atom. The minimum absolute atomic E-state index is 0.0129. The Morgan fingerprint density at radius 2 is 2.29 bits per heavy atom. The van der Waals surface area contributed by atoms with Gasteiger partial charge in [-0.05, 0) is 18.6 Å². The monoisotopic (exact) mass is 290 g/mol. The number of nitrogens with zero attached hydrogens (tertiary/aromatic N) is 3. The van der Waals surface area contributed by atoms with Gasteiger partial charge in [-0.2, -0.15) is 5.10 Å². The zero-order valence-electron chi connectivity index (χ0n) is 11.3. The van der Waals surface area contributed by atoms with Gasteiger partial charge in [0.1, 0.15) is 5.69 Å². The summed E-state index contributed by atoms with van der Waals surface area (Å²) < 4.78 is 1.68. The highest BCUT2D eigenvalue weighted by atomic mass is 16.6. The SMILES string of the molecule is Cc1cnn(CCNc2c(C(=O)O)cccc2[N+](=O)[O-])c1. The molecule has 0 aliphatic heterocycles. The van der Waals surface area contributed by atoms with E-state index in [0.29, 0.717) is 13.1 Å².